The number of carbonyl (C=O) groups excluding carboxylic acids is 2. The van der Waals surface area contributed by atoms with Crippen LogP contribution in [0.15, 0.2) is 53.1 Å². The summed E-state index contributed by atoms with van der Waals surface area (Å²) in [4.78, 5) is 24.1. The Hall–Kier alpha value is -3.41. The second kappa shape index (κ2) is 7.86. The van der Waals surface area contributed by atoms with Crippen LogP contribution < -0.4 is 5.32 Å². The number of nitrogens with one attached hydrogen (secondary N) is 1. The molecule has 0 aliphatic heterocycles. The van der Waals surface area contributed by atoms with Gasteiger partial charge in [0.05, 0.1) is 5.56 Å². The number of ether oxygens (including phenoxy) is 1. The largest absolute Gasteiger partial charge is 0.452 e. The Morgan fingerprint density at radius 3 is 2.41 bits per heavy atom. The average molecular weight is 364 g/mol. The number of esters is 1. The third-order valence-corrected chi connectivity index (χ3v) is 4.06. The molecule has 3 rings (SSSR count). The molecule has 6 heteroatoms. The van der Waals surface area contributed by atoms with Gasteiger partial charge in [0.1, 0.15) is 5.69 Å². The first kappa shape index (κ1) is 18.4. The van der Waals surface area contributed by atoms with Crippen molar-refractivity contribution < 1.29 is 18.8 Å². The van der Waals surface area contributed by atoms with Crippen LogP contribution >= 0.6 is 0 Å². The minimum Gasteiger partial charge on any atom is -0.452 e. The minimum atomic E-state index is -0.541. The van der Waals surface area contributed by atoms with E-state index >= 15 is 0 Å². The average Bonchev–Trinajstić information content (AvgIpc) is 3.08. The van der Waals surface area contributed by atoms with Gasteiger partial charge in [0.25, 0.3) is 5.91 Å². The summed E-state index contributed by atoms with van der Waals surface area (Å²) >= 11 is 0. The molecule has 1 amide bonds. The summed E-state index contributed by atoms with van der Waals surface area (Å²) in [6.45, 7) is 5.35. The molecule has 1 N–H and O–H groups in total. The van der Waals surface area contributed by atoms with Gasteiger partial charge in [0.2, 0.25) is 5.88 Å². The molecule has 1 aromatic heterocycles. The summed E-state index contributed by atoms with van der Waals surface area (Å²) in [5.74, 6) is -0.849. The first-order valence-electron chi connectivity index (χ1n) is 8.50. The molecule has 0 atom stereocenters. The normalized spacial score (nSPS) is 10.5. The second-order valence-corrected chi connectivity index (χ2v) is 6.39. The number of amides is 1. The zero-order valence-corrected chi connectivity index (χ0v) is 15.4. The van der Waals surface area contributed by atoms with E-state index in [-0.39, 0.29) is 5.88 Å². The predicted octanol–water partition coefficient (Wildman–Crippen LogP) is 4.06. The molecule has 1 heterocycles. The number of hydrogen-bond donors (Lipinski definition) is 1. The Labute approximate surface area is 157 Å². The monoisotopic (exact) mass is 364 g/mol. The Bertz CT molecular complexity index is 974. The highest BCUT2D eigenvalue weighted by Gasteiger charge is 2.14. The van der Waals surface area contributed by atoms with Crippen molar-refractivity contribution in [2.45, 2.75) is 20.8 Å². The third-order valence-electron chi connectivity index (χ3n) is 4.06. The summed E-state index contributed by atoms with van der Waals surface area (Å²) in [6.07, 6.45) is 0. The summed E-state index contributed by atoms with van der Waals surface area (Å²) in [7, 11) is 0. The summed E-state index contributed by atoms with van der Waals surface area (Å²) in [5, 5.41) is 6.46. The van der Waals surface area contributed by atoms with Crippen LogP contribution in [-0.4, -0.2) is 23.6 Å². The smallest absolute Gasteiger partial charge is 0.338 e. The zero-order valence-electron chi connectivity index (χ0n) is 15.4. The SMILES string of the molecule is Cc1ccc(-c2cc(NC(=O)COC(=O)c3ccc(C)cc3C)on2)cc1. The van der Waals surface area contributed by atoms with Crippen LogP contribution in [0.5, 0.6) is 0 Å². The zero-order chi connectivity index (χ0) is 19.4. The molecule has 6 nitrogen and oxygen atoms in total. The highest BCUT2D eigenvalue weighted by atomic mass is 16.5. The highest BCUT2D eigenvalue weighted by Crippen LogP contribution is 2.22. The highest BCUT2D eigenvalue weighted by molar-refractivity contribution is 5.95. The Kier molecular flexibility index (Phi) is 5.35. The van der Waals surface area contributed by atoms with Crippen molar-refractivity contribution in [1.82, 2.24) is 5.16 Å². The van der Waals surface area contributed by atoms with Crippen molar-refractivity contribution >= 4 is 17.8 Å². The maximum absolute atomic E-state index is 12.1. The lowest BCUT2D eigenvalue weighted by atomic mass is 10.1. The molecule has 0 saturated heterocycles. The van der Waals surface area contributed by atoms with Crippen LogP contribution in [0.1, 0.15) is 27.0 Å². The van der Waals surface area contributed by atoms with Crippen LogP contribution in [0.3, 0.4) is 0 Å². The molecule has 0 bridgehead atoms. The Morgan fingerprint density at radius 1 is 1.00 bits per heavy atom. The van der Waals surface area contributed by atoms with E-state index in [1.807, 2.05) is 57.2 Å². The fraction of sp³-hybridized carbons (Fsp3) is 0.190. The molecular formula is C21H20N2O4. The van der Waals surface area contributed by atoms with E-state index in [1.165, 1.54) is 0 Å². The maximum atomic E-state index is 12.1. The van der Waals surface area contributed by atoms with Gasteiger partial charge in [-0.25, -0.2) is 4.79 Å². The number of carbonyl (C=O) groups is 2. The number of benzene rings is 2. The lowest BCUT2D eigenvalue weighted by Gasteiger charge is -2.07. The molecule has 0 unspecified atom stereocenters. The number of aryl methyl sites for hydroxylation is 3. The molecule has 0 aliphatic carbocycles. The lowest BCUT2D eigenvalue weighted by molar-refractivity contribution is -0.119. The van der Waals surface area contributed by atoms with Crippen LogP contribution in [0.2, 0.25) is 0 Å². The fourth-order valence-electron chi connectivity index (χ4n) is 2.62. The fourth-order valence-corrected chi connectivity index (χ4v) is 2.62. The van der Waals surface area contributed by atoms with Gasteiger partial charge >= 0.3 is 5.97 Å². The van der Waals surface area contributed by atoms with E-state index in [0.717, 1.165) is 22.3 Å². The number of hydrogen-bond acceptors (Lipinski definition) is 5. The van der Waals surface area contributed by atoms with Gasteiger partial charge in [0, 0.05) is 11.6 Å². The molecule has 0 saturated carbocycles. The molecule has 138 valence electrons. The summed E-state index contributed by atoms with van der Waals surface area (Å²) in [5.41, 5.74) is 4.93. The van der Waals surface area contributed by atoms with Crippen LogP contribution in [0, 0.1) is 20.8 Å². The minimum absolute atomic E-state index is 0.193. The van der Waals surface area contributed by atoms with E-state index in [0.29, 0.717) is 11.3 Å². The van der Waals surface area contributed by atoms with E-state index in [4.69, 9.17) is 9.26 Å². The molecule has 27 heavy (non-hydrogen) atoms. The van der Waals surface area contributed by atoms with Gasteiger partial charge in [0.15, 0.2) is 6.61 Å². The first-order valence-corrected chi connectivity index (χ1v) is 8.50. The van der Waals surface area contributed by atoms with E-state index < -0.39 is 18.5 Å². The Morgan fingerprint density at radius 2 is 1.70 bits per heavy atom. The van der Waals surface area contributed by atoms with Crippen molar-refractivity contribution in [3.05, 3.63) is 70.8 Å². The second-order valence-electron chi connectivity index (χ2n) is 6.39. The summed E-state index contributed by atoms with van der Waals surface area (Å²) in [6, 6.07) is 14.8. The molecule has 0 aliphatic rings. The Balaban J connectivity index is 1.56. The molecule has 0 radical (unpaired) electrons. The quantitative estimate of drug-likeness (QED) is 0.691. The van der Waals surface area contributed by atoms with Crippen molar-refractivity contribution in [1.29, 1.82) is 0 Å². The predicted molar refractivity (Wildman–Crippen MR) is 102 cm³/mol. The summed E-state index contributed by atoms with van der Waals surface area (Å²) < 4.78 is 10.2. The van der Waals surface area contributed by atoms with Gasteiger partial charge in [-0.2, -0.15) is 0 Å². The maximum Gasteiger partial charge on any atom is 0.338 e. The molecule has 3 aromatic rings. The van der Waals surface area contributed by atoms with Gasteiger partial charge in [-0.1, -0.05) is 52.7 Å². The molecule has 0 fully saturated rings. The molecule has 0 spiro atoms. The standard InChI is InChI=1S/C21H20N2O4/c1-13-4-7-16(8-5-13)18-11-20(27-23-18)22-19(24)12-26-21(25)17-9-6-14(2)10-15(17)3/h4-11H,12H2,1-3H3,(H,22,24). The first-order chi connectivity index (χ1) is 12.9. The third kappa shape index (κ3) is 4.61. The van der Waals surface area contributed by atoms with Crippen LogP contribution in [0.4, 0.5) is 5.88 Å². The number of rotatable bonds is 5. The van der Waals surface area contributed by atoms with Crippen molar-refractivity contribution in [2.75, 3.05) is 11.9 Å². The van der Waals surface area contributed by atoms with Gasteiger partial charge in [-0.3, -0.25) is 10.1 Å². The van der Waals surface area contributed by atoms with E-state index in [9.17, 15) is 9.59 Å². The van der Waals surface area contributed by atoms with Crippen LogP contribution in [0.25, 0.3) is 11.3 Å². The lowest BCUT2D eigenvalue weighted by Crippen LogP contribution is -2.21. The molecular weight excluding hydrogens is 344 g/mol. The van der Waals surface area contributed by atoms with E-state index in [2.05, 4.69) is 10.5 Å². The van der Waals surface area contributed by atoms with Crippen molar-refractivity contribution in [2.24, 2.45) is 0 Å². The number of nitrogens with zero attached hydrogens (tertiary/aromatic N) is 1. The van der Waals surface area contributed by atoms with Gasteiger partial charge in [-0.05, 0) is 32.4 Å². The van der Waals surface area contributed by atoms with E-state index in [1.54, 1.807) is 12.1 Å². The van der Waals surface area contributed by atoms with Crippen molar-refractivity contribution in [3.63, 3.8) is 0 Å². The molecule has 2 aromatic carbocycles. The van der Waals surface area contributed by atoms with Crippen LogP contribution in [-0.2, 0) is 9.53 Å². The number of anilines is 1. The van der Waals surface area contributed by atoms with Gasteiger partial charge in [-0.15, -0.1) is 0 Å². The van der Waals surface area contributed by atoms with Crippen molar-refractivity contribution in [3.8, 4) is 11.3 Å². The van der Waals surface area contributed by atoms with Gasteiger partial charge < -0.3 is 9.26 Å². The number of aromatic nitrogens is 1. The topological polar surface area (TPSA) is 81.4 Å².